The Hall–Kier alpha value is -3.26. The van der Waals surface area contributed by atoms with Crippen molar-refractivity contribution < 1.29 is 24.3 Å². The molecular weight excluding hydrogens is 537 g/mol. The maximum atomic E-state index is 14.0. The van der Waals surface area contributed by atoms with Crippen LogP contribution < -0.4 is 19.5 Å². The summed E-state index contributed by atoms with van der Waals surface area (Å²) in [6.07, 6.45) is 2.74. The zero-order valence-corrected chi connectivity index (χ0v) is 23.6. The first kappa shape index (κ1) is 27.3. The number of ether oxygens (including phenoxy) is 3. The largest absolute Gasteiger partial charge is 0.497 e. The number of rotatable bonds is 10. The van der Waals surface area contributed by atoms with E-state index in [2.05, 4.69) is 5.32 Å². The van der Waals surface area contributed by atoms with Crippen LogP contribution in [0.4, 0.5) is 0 Å². The molecule has 0 bridgehead atoms. The van der Waals surface area contributed by atoms with Crippen LogP contribution in [0, 0.1) is 0 Å². The molecule has 1 aliphatic heterocycles. The zero-order chi connectivity index (χ0) is 27.4. The summed E-state index contributed by atoms with van der Waals surface area (Å²) in [6, 6.07) is 17.1. The minimum atomic E-state index is 0.0380. The first-order valence-corrected chi connectivity index (χ1v) is 13.8. The van der Waals surface area contributed by atoms with Crippen molar-refractivity contribution in [3.05, 3.63) is 87.0 Å². The van der Waals surface area contributed by atoms with Crippen molar-refractivity contribution in [2.75, 3.05) is 27.3 Å². The molecule has 0 unspecified atom stereocenters. The van der Waals surface area contributed by atoms with Crippen LogP contribution in [0.15, 0.2) is 60.2 Å². The summed E-state index contributed by atoms with van der Waals surface area (Å²) in [4.78, 5) is 20.7. The van der Waals surface area contributed by atoms with E-state index in [0.29, 0.717) is 47.1 Å². The quantitative estimate of drug-likeness (QED) is 0.376. The highest BCUT2D eigenvalue weighted by atomic mass is 35.5. The van der Waals surface area contributed by atoms with Crippen LogP contribution in [0.5, 0.6) is 17.4 Å². The summed E-state index contributed by atoms with van der Waals surface area (Å²) in [6.45, 7) is 2.24. The first-order chi connectivity index (χ1) is 19.0. The maximum absolute atomic E-state index is 14.0. The van der Waals surface area contributed by atoms with Gasteiger partial charge in [-0.15, -0.1) is 0 Å². The average molecular weight is 570 g/mol. The van der Waals surface area contributed by atoms with Crippen LogP contribution >= 0.6 is 23.2 Å². The number of nitrogens with two attached hydrogens (primary N) is 1. The number of methoxy groups -OCH3 is 2. The van der Waals surface area contributed by atoms with E-state index in [-0.39, 0.29) is 11.9 Å². The molecule has 0 radical (unpaired) electrons. The van der Waals surface area contributed by atoms with Gasteiger partial charge in [-0.3, -0.25) is 4.79 Å². The second-order valence-electron chi connectivity index (χ2n) is 9.74. The van der Waals surface area contributed by atoms with Gasteiger partial charge in [-0.1, -0.05) is 41.4 Å². The summed E-state index contributed by atoms with van der Waals surface area (Å²) < 4.78 is 16.8. The number of benzene rings is 2. The molecule has 0 saturated heterocycles. The van der Waals surface area contributed by atoms with Gasteiger partial charge in [0.15, 0.2) is 0 Å². The topological polar surface area (TPSA) is 77.5 Å². The van der Waals surface area contributed by atoms with Crippen molar-refractivity contribution in [3.63, 3.8) is 0 Å². The molecule has 5 rings (SSSR count). The minimum absolute atomic E-state index is 0.0380. The predicted molar refractivity (Wildman–Crippen MR) is 151 cm³/mol. The fraction of sp³-hybridized carbons (Fsp3) is 0.333. The number of nitrogens with zero attached hydrogens (tertiary/aromatic N) is 2. The van der Waals surface area contributed by atoms with Gasteiger partial charge in [-0.05, 0) is 53.8 Å². The van der Waals surface area contributed by atoms with E-state index in [0.717, 1.165) is 53.8 Å². The van der Waals surface area contributed by atoms with Gasteiger partial charge in [-0.2, -0.15) is 0 Å². The molecule has 1 aliphatic carbocycles. The summed E-state index contributed by atoms with van der Waals surface area (Å²) in [5.41, 5.74) is 4.28. The summed E-state index contributed by atoms with van der Waals surface area (Å²) in [7, 11) is 3.24. The van der Waals surface area contributed by atoms with Crippen LogP contribution in [0.1, 0.15) is 36.1 Å². The molecule has 7 nitrogen and oxygen atoms in total. The lowest BCUT2D eigenvalue weighted by Gasteiger charge is -2.27. The molecular formula is C30H32Cl2N3O4+. The number of amides is 1. The highest BCUT2D eigenvalue weighted by Crippen LogP contribution is 2.34. The smallest absolute Gasteiger partial charge is 0.256 e. The molecule has 204 valence electrons. The second kappa shape index (κ2) is 12.3. The third-order valence-corrected chi connectivity index (χ3v) is 7.88. The summed E-state index contributed by atoms with van der Waals surface area (Å²) in [5, 5.41) is 3.17. The predicted octanol–water partition coefficient (Wildman–Crippen LogP) is 4.90. The van der Waals surface area contributed by atoms with Gasteiger partial charge in [-0.25, -0.2) is 4.98 Å². The molecule has 2 aromatic carbocycles. The fourth-order valence-corrected chi connectivity index (χ4v) is 5.20. The number of pyridine rings is 1. The molecule has 2 N–H and O–H groups in total. The molecule has 2 heterocycles. The highest BCUT2D eigenvalue weighted by Gasteiger charge is 2.36. The highest BCUT2D eigenvalue weighted by molar-refractivity contribution is 6.42. The van der Waals surface area contributed by atoms with E-state index in [9.17, 15) is 4.79 Å². The van der Waals surface area contributed by atoms with Gasteiger partial charge >= 0.3 is 0 Å². The third kappa shape index (κ3) is 6.49. The monoisotopic (exact) mass is 568 g/mol. The van der Waals surface area contributed by atoms with Gasteiger partial charge in [0, 0.05) is 31.1 Å². The van der Waals surface area contributed by atoms with Crippen LogP contribution in [-0.2, 0) is 17.9 Å². The molecule has 1 fully saturated rings. The fourth-order valence-electron chi connectivity index (χ4n) is 4.82. The Morgan fingerprint density at radius 1 is 1.05 bits per heavy atom. The van der Waals surface area contributed by atoms with Crippen LogP contribution in [0.25, 0.3) is 5.57 Å². The zero-order valence-electron chi connectivity index (χ0n) is 22.1. The lowest BCUT2D eigenvalue weighted by Crippen LogP contribution is -2.86. The summed E-state index contributed by atoms with van der Waals surface area (Å²) in [5.74, 6) is 1.92. The van der Waals surface area contributed by atoms with Crippen molar-refractivity contribution in [1.29, 1.82) is 0 Å². The Bertz CT molecular complexity index is 1370. The lowest BCUT2D eigenvalue weighted by molar-refractivity contribution is -0.648. The number of carbonyl (C=O) groups excluding carboxylic acids is 1. The van der Waals surface area contributed by atoms with E-state index in [4.69, 9.17) is 42.4 Å². The standard InChI is InChI=1S/C30H31Cl2N3O4/c1-37-22-13-19(14-23(15-22)38-2)18-39-28-8-4-7-27(34-28)24-11-12-33-16-25(24)30(36)35(21-9-10-21)17-20-5-3-6-26(31)29(20)32/h3-8,13-15,21,33H,9-12,16-18H2,1-2H3/p+1. The Morgan fingerprint density at radius 3 is 2.51 bits per heavy atom. The van der Waals surface area contributed by atoms with Gasteiger partial charge < -0.3 is 24.4 Å². The molecule has 3 aromatic rings. The van der Waals surface area contributed by atoms with Crippen molar-refractivity contribution in [2.24, 2.45) is 0 Å². The van der Waals surface area contributed by atoms with E-state index in [1.165, 1.54) is 0 Å². The Kier molecular flexibility index (Phi) is 8.60. The molecule has 2 aliphatic rings. The van der Waals surface area contributed by atoms with E-state index in [1.54, 1.807) is 20.3 Å². The van der Waals surface area contributed by atoms with Gasteiger partial charge in [0.2, 0.25) is 5.88 Å². The van der Waals surface area contributed by atoms with E-state index < -0.39 is 0 Å². The lowest BCUT2D eigenvalue weighted by atomic mass is 9.96. The molecule has 0 spiro atoms. The molecule has 1 aromatic heterocycles. The maximum Gasteiger partial charge on any atom is 0.256 e. The van der Waals surface area contributed by atoms with Gasteiger partial charge in [0.1, 0.15) is 24.7 Å². The molecule has 0 atom stereocenters. The van der Waals surface area contributed by atoms with Crippen molar-refractivity contribution in [1.82, 2.24) is 9.88 Å². The molecule has 1 amide bonds. The Balaban J connectivity index is 1.39. The van der Waals surface area contributed by atoms with Crippen molar-refractivity contribution >= 4 is 34.7 Å². The number of aromatic nitrogens is 1. The number of hydrogen-bond acceptors (Lipinski definition) is 5. The number of carbonyl (C=O) groups is 1. The van der Waals surface area contributed by atoms with Crippen molar-refractivity contribution in [3.8, 4) is 17.4 Å². The van der Waals surface area contributed by atoms with Gasteiger partial charge in [0.25, 0.3) is 5.91 Å². The van der Waals surface area contributed by atoms with E-state index in [1.807, 2.05) is 53.4 Å². The second-order valence-corrected chi connectivity index (χ2v) is 10.5. The number of quaternary nitrogens is 1. The Morgan fingerprint density at radius 2 is 1.79 bits per heavy atom. The van der Waals surface area contributed by atoms with Crippen LogP contribution in [-0.4, -0.2) is 49.1 Å². The van der Waals surface area contributed by atoms with Crippen LogP contribution in [0.2, 0.25) is 10.0 Å². The normalized spacial score (nSPS) is 15.2. The minimum Gasteiger partial charge on any atom is -0.497 e. The number of hydrogen-bond donors (Lipinski definition) is 1. The van der Waals surface area contributed by atoms with E-state index >= 15 is 0 Å². The molecule has 1 saturated carbocycles. The summed E-state index contributed by atoms with van der Waals surface area (Å²) >= 11 is 12.7. The average Bonchev–Trinajstić information content (AvgIpc) is 3.82. The van der Waals surface area contributed by atoms with Gasteiger partial charge in [0.05, 0.1) is 42.1 Å². The number of halogens is 2. The molecule has 9 heteroatoms. The third-order valence-electron chi connectivity index (χ3n) is 7.02. The SMILES string of the molecule is COc1cc(COc2cccc(C3=C(C(=O)N(Cc4cccc(Cl)c4Cl)C4CC4)C[NH2+]CC3)n2)cc(OC)c1. The molecule has 39 heavy (non-hydrogen) atoms. The Labute approximate surface area is 238 Å². The first-order valence-electron chi connectivity index (χ1n) is 13.1. The van der Waals surface area contributed by atoms with Crippen LogP contribution in [0.3, 0.4) is 0 Å². The van der Waals surface area contributed by atoms with Crippen molar-refractivity contribution in [2.45, 2.75) is 38.5 Å².